The van der Waals surface area contributed by atoms with Gasteiger partial charge in [-0.1, -0.05) is 59.6 Å². The average Bonchev–Trinajstić information content (AvgIpc) is 3.37. The molecule has 4 aromatic rings. The molecule has 0 spiro atoms. The Labute approximate surface area is 213 Å². The van der Waals surface area contributed by atoms with Gasteiger partial charge in [-0.25, -0.2) is 13.8 Å². The molecule has 1 aromatic heterocycles. The highest BCUT2D eigenvalue weighted by atomic mass is 35.5. The maximum Gasteiger partial charge on any atom is 0.273 e. The summed E-state index contributed by atoms with van der Waals surface area (Å²) < 4.78 is 28.8. The highest BCUT2D eigenvalue weighted by Crippen LogP contribution is 2.29. The molecule has 0 saturated carbocycles. The Morgan fingerprint density at radius 2 is 1.71 bits per heavy atom. The molecule has 0 atom stereocenters. The number of rotatable bonds is 8. The first-order chi connectivity index (χ1) is 16.8. The minimum atomic E-state index is -4.01. The molecule has 0 fully saturated rings. The second kappa shape index (κ2) is 10.9. The summed E-state index contributed by atoms with van der Waals surface area (Å²) in [6, 6.07) is 23.8. The first-order valence-corrected chi connectivity index (χ1v) is 13.3. The summed E-state index contributed by atoms with van der Waals surface area (Å²) in [4.78, 5) is 14.1. The van der Waals surface area contributed by atoms with Gasteiger partial charge in [0.1, 0.15) is 0 Å². The van der Waals surface area contributed by atoms with E-state index in [0.717, 1.165) is 16.0 Å². The van der Waals surface area contributed by atoms with Crippen LogP contribution in [0, 0.1) is 6.92 Å². The van der Waals surface area contributed by atoms with Gasteiger partial charge in [-0.15, -0.1) is 11.3 Å². The first kappa shape index (κ1) is 24.7. The number of carbonyl (C=O) groups excluding carboxylic acids is 1. The van der Waals surface area contributed by atoms with Crippen LogP contribution in [-0.2, 0) is 16.6 Å². The van der Waals surface area contributed by atoms with E-state index >= 15 is 0 Å². The highest BCUT2D eigenvalue weighted by molar-refractivity contribution is 7.92. The van der Waals surface area contributed by atoms with Crippen LogP contribution in [0.5, 0.6) is 0 Å². The molecule has 6 nitrogen and oxygen atoms in total. The first-order valence-electron chi connectivity index (χ1n) is 10.6. The van der Waals surface area contributed by atoms with Crippen molar-refractivity contribution in [2.45, 2.75) is 18.4 Å². The molecule has 4 rings (SSSR count). The Bertz CT molecular complexity index is 1430. The third kappa shape index (κ3) is 5.97. The molecule has 0 saturated heterocycles. The standard InChI is InChI=1S/C26H22ClN3O3S2/c1-19-8-14-23(15-9-19)35(32,33)30(18-20-10-12-21(27)13-11-20)25-7-3-2-6-24(25)26(31)29-28-17-22-5-4-16-34-22/h2-17H,18H2,1H3,(H,29,31)/b28-17-. The number of nitrogens with one attached hydrogen (secondary N) is 1. The summed E-state index contributed by atoms with van der Waals surface area (Å²) in [5.41, 5.74) is 4.58. The second-order valence-corrected chi connectivity index (χ2v) is 11.0. The van der Waals surface area contributed by atoms with Gasteiger partial charge >= 0.3 is 0 Å². The summed E-state index contributed by atoms with van der Waals surface area (Å²) in [5, 5.41) is 6.47. The monoisotopic (exact) mass is 523 g/mol. The van der Waals surface area contributed by atoms with Gasteiger partial charge in [0.25, 0.3) is 15.9 Å². The van der Waals surface area contributed by atoms with Gasteiger partial charge in [0.15, 0.2) is 0 Å². The Morgan fingerprint density at radius 3 is 2.40 bits per heavy atom. The van der Waals surface area contributed by atoms with E-state index in [4.69, 9.17) is 11.6 Å². The molecule has 1 amide bonds. The van der Waals surface area contributed by atoms with Crippen LogP contribution in [0.1, 0.15) is 26.4 Å². The molecule has 0 bridgehead atoms. The zero-order valence-electron chi connectivity index (χ0n) is 18.8. The van der Waals surface area contributed by atoms with E-state index in [1.165, 1.54) is 15.6 Å². The minimum Gasteiger partial charge on any atom is -0.267 e. The van der Waals surface area contributed by atoms with E-state index in [9.17, 15) is 13.2 Å². The fourth-order valence-corrected chi connectivity index (χ4v) is 5.54. The van der Waals surface area contributed by atoms with E-state index in [0.29, 0.717) is 5.02 Å². The normalized spacial score (nSPS) is 11.5. The summed E-state index contributed by atoms with van der Waals surface area (Å²) in [5.74, 6) is -0.520. The maximum atomic E-state index is 13.8. The number of benzene rings is 3. The van der Waals surface area contributed by atoms with Crippen molar-refractivity contribution < 1.29 is 13.2 Å². The number of sulfonamides is 1. The predicted octanol–water partition coefficient (Wildman–Crippen LogP) is 5.87. The number of thiophene rings is 1. The second-order valence-electron chi connectivity index (χ2n) is 7.68. The molecule has 0 radical (unpaired) electrons. The summed E-state index contributed by atoms with van der Waals surface area (Å²) in [6.45, 7) is 1.90. The smallest absolute Gasteiger partial charge is 0.267 e. The van der Waals surface area contributed by atoms with Crippen LogP contribution in [0.4, 0.5) is 5.69 Å². The molecule has 1 heterocycles. The molecular weight excluding hydrogens is 502 g/mol. The lowest BCUT2D eigenvalue weighted by atomic mass is 10.1. The van der Waals surface area contributed by atoms with E-state index < -0.39 is 15.9 Å². The molecule has 0 unspecified atom stereocenters. The fourth-order valence-electron chi connectivity index (χ4n) is 3.36. The number of hydrogen-bond acceptors (Lipinski definition) is 5. The van der Waals surface area contributed by atoms with E-state index in [1.54, 1.807) is 79.0 Å². The third-order valence-corrected chi connectivity index (χ3v) is 8.00. The molecule has 3 aromatic carbocycles. The number of para-hydroxylation sites is 1. The molecule has 178 valence electrons. The largest absolute Gasteiger partial charge is 0.273 e. The quantitative estimate of drug-likeness (QED) is 0.232. The molecule has 35 heavy (non-hydrogen) atoms. The van der Waals surface area contributed by atoms with Crippen LogP contribution in [0.2, 0.25) is 5.02 Å². The number of hydrogen-bond donors (Lipinski definition) is 1. The third-order valence-electron chi connectivity index (χ3n) is 5.17. The van der Waals surface area contributed by atoms with Gasteiger partial charge in [0.05, 0.1) is 28.9 Å². The molecule has 0 aliphatic rings. The Balaban J connectivity index is 1.73. The van der Waals surface area contributed by atoms with Crippen LogP contribution in [0.3, 0.4) is 0 Å². The number of anilines is 1. The van der Waals surface area contributed by atoms with Gasteiger partial charge in [-0.3, -0.25) is 9.10 Å². The number of amides is 1. The number of nitrogens with zero attached hydrogens (tertiary/aromatic N) is 2. The molecule has 0 aliphatic carbocycles. The van der Waals surface area contributed by atoms with Crippen molar-refractivity contribution in [2.24, 2.45) is 5.10 Å². The number of aryl methyl sites for hydroxylation is 1. The lowest BCUT2D eigenvalue weighted by Gasteiger charge is -2.26. The van der Waals surface area contributed by atoms with Crippen molar-refractivity contribution in [1.29, 1.82) is 0 Å². The van der Waals surface area contributed by atoms with Crippen LogP contribution in [0.15, 0.2) is 100 Å². The topological polar surface area (TPSA) is 78.8 Å². The van der Waals surface area contributed by atoms with E-state index in [-0.39, 0.29) is 22.7 Å². The van der Waals surface area contributed by atoms with Crippen molar-refractivity contribution in [3.63, 3.8) is 0 Å². The van der Waals surface area contributed by atoms with Crippen LogP contribution < -0.4 is 9.73 Å². The Kier molecular flexibility index (Phi) is 7.65. The number of carbonyl (C=O) groups is 1. The van der Waals surface area contributed by atoms with Gasteiger partial charge in [0.2, 0.25) is 0 Å². The lowest BCUT2D eigenvalue weighted by Crippen LogP contribution is -2.33. The summed E-state index contributed by atoms with van der Waals surface area (Å²) >= 11 is 7.51. The van der Waals surface area contributed by atoms with Crippen molar-refractivity contribution >= 4 is 50.8 Å². The number of halogens is 1. The molecule has 0 aliphatic heterocycles. The zero-order valence-corrected chi connectivity index (χ0v) is 21.1. The SMILES string of the molecule is Cc1ccc(S(=O)(=O)N(Cc2ccc(Cl)cc2)c2ccccc2C(=O)N/N=C\c2cccs2)cc1. The average molecular weight is 524 g/mol. The fraction of sp³-hybridized carbons (Fsp3) is 0.0769. The van der Waals surface area contributed by atoms with Gasteiger partial charge in [-0.05, 0) is 60.3 Å². The van der Waals surface area contributed by atoms with Crippen LogP contribution in [0.25, 0.3) is 0 Å². The zero-order chi connectivity index (χ0) is 24.8. The van der Waals surface area contributed by atoms with Crippen molar-refractivity contribution in [2.75, 3.05) is 4.31 Å². The number of hydrazone groups is 1. The maximum absolute atomic E-state index is 13.8. The van der Waals surface area contributed by atoms with Gasteiger partial charge in [-0.2, -0.15) is 5.10 Å². The minimum absolute atomic E-state index is 0.0101. The van der Waals surface area contributed by atoms with Crippen molar-refractivity contribution in [3.05, 3.63) is 117 Å². The lowest BCUT2D eigenvalue weighted by molar-refractivity contribution is 0.0956. The molecule has 9 heteroatoms. The Morgan fingerprint density at radius 1 is 1.00 bits per heavy atom. The van der Waals surface area contributed by atoms with E-state index in [1.807, 2.05) is 24.4 Å². The molecule has 1 N–H and O–H groups in total. The van der Waals surface area contributed by atoms with Gasteiger partial charge in [0, 0.05) is 9.90 Å². The van der Waals surface area contributed by atoms with Crippen LogP contribution in [-0.4, -0.2) is 20.5 Å². The van der Waals surface area contributed by atoms with Crippen molar-refractivity contribution in [3.8, 4) is 0 Å². The van der Waals surface area contributed by atoms with Crippen LogP contribution >= 0.6 is 22.9 Å². The molecular formula is C26H22ClN3O3S2. The van der Waals surface area contributed by atoms with Crippen molar-refractivity contribution in [1.82, 2.24) is 5.43 Å². The van der Waals surface area contributed by atoms with Gasteiger partial charge < -0.3 is 0 Å². The van der Waals surface area contributed by atoms with E-state index in [2.05, 4.69) is 10.5 Å². The summed E-state index contributed by atoms with van der Waals surface area (Å²) in [7, 11) is -4.01. The highest BCUT2D eigenvalue weighted by Gasteiger charge is 2.28. The predicted molar refractivity (Wildman–Crippen MR) is 142 cm³/mol. The summed E-state index contributed by atoms with van der Waals surface area (Å²) in [6.07, 6.45) is 1.54. The Hall–Kier alpha value is -3.46.